The number of hydrogen-bond donors (Lipinski definition) is 1. The minimum Gasteiger partial charge on any atom is -0.313 e. The molecule has 3 nitrogen and oxygen atoms in total. The Balaban J connectivity index is 2.80. The van der Waals surface area contributed by atoms with Gasteiger partial charge in [-0.15, -0.1) is 0 Å². The fourth-order valence-corrected chi connectivity index (χ4v) is 2.81. The van der Waals surface area contributed by atoms with Crippen LogP contribution < -0.4 is 5.32 Å². The van der Waals surface area contributed by atoms with Gasteiger partial charge < -0.3 is 5.32 Å². The van der Waals surface area contributed by atoms with Gasteiger partial charge in [-0.2, -0.15) is 0 Å². The van der Waals surface area contributed by atoms with Crippen LogP contribution in [0, 0.1) is 17.5 Å². The van der Waals surface area contributed by atoms with Crippen molar-refractivity contribution in [3.63, 3.8) is 0 Å². The Hall–Kier alpha value is -1.08. The molecule has 0 radical (unpaired) electrons. The highest BCUT2D eigenvalue weighted by molar-refractivity contribution is 7.91. The summed E-state index contributed by atoms with van der Waals surface area (Å²) in [5.41, 5.74) is 0.000274. The van der Waals surface area contributed by atoms with E-state index in [2.05, 4.69) is 5.32 Å². The van der Waals surface area contributed by atoms with Gasteiger partial charge in [0.2, 0.25) is 0 Å². The van der Waals surface area contributed by atoms with Crippen molar-refractivity contribution < 1.29 is 21.6 Å². The Labute approximate surface area is 117 Å². The lowest BCUT2D eigenvalue weighted by atomic mass is 10.0. The molecule has 0 aliphatic carbocycles. The maximum Gasteiger partial charge on any atom is 0.194 e. The molecule has 0 amide bonds. The number of rotatable bonds is 7. The molecule has 0 aromatic heterocycles. The van der Waals surface area contributed by atoms with Crippen molar-refractivity contribution in [1.29, 1.82) is 0 Å². The van der Waals surface area contributed by atoms with Gasteiger partial charge in [0.25, 0.3) is 0 Å². The third-order valence-corrected chi connectivity index (χ3v) is 4.97. The SMILES string of the molecule is CCS(=O)(=O)CCCC(NC)c1ccc(F)c(F)c1F. The van der Waals surface area contributed by atoms with Gasteiger partial charge >= 0.3 is 0 Å². The van der Waals surface area contributed by atoms with Crippen molar-refractivity contribution in [2.45, 2.75) is 25.8 Å². The normalized spacial score (nSPS) is 13.4. The molecule has 1 rings (SSSR count). The van der Waals surface area contributed by atoms with E-state index in [1.54, 1.807) is 14.0 Å². The van der Waals surface area contributed by atoms with Gasteiger partial charge in [-0.3, -0.25) is 0 Å². The second kappa shape index (κ2) is 7.08. The van der Waals surface area contributed by atoms with E-state index in [9.17, 15) is 21.6 Å². The maximum absolute atomic E-state index is 13.7. The highest BCUT2D eigenvalue weighted by Gasteiger charge is 2.20. The smallest absolute Gasteiger partial charge is 0.194 e. The highest BCUT2D eigenvalue weighted by atomic mass is 32.2. The summed E-state index contributed by atoms with van der Waals surface area (Å²) in [6.07, 6.45) is 0.637. The summed E-state index contributed by atoms with van der Waals surface area (Å²) in [5, 5.41) is 2.79. The van der Waals surface area contributed by atoms with Gasteiger partial charge in [-0.1, -0.05) is 13.0 Å². The average molecular weight is 309 g/mol. The maximum atomic E-state index is 13.7. The molecule has 20 heavy (non-hydrogen) atoms. The Morgan fingerprint density at radius 2 is 1.85 bits per heavy atom. The van der Waals surface area contributed by atoms with E-state index < -0.39 is 33.3 Å². The third kappa shape index (κ3) is 4.21. The molecule has 0 spiro atoms. The van der Waals surface area contributed by atoms with Crippen molar-refractivity contribution in [3.05, 3.63) is 35.1 Å². The molecule has 0 heterocycles. The molecule has 0 bridgehead atoms. The molecule has 114 valence electrons. The van der Waals surface area contributed by atoms with Gasteiger partial charge in [0.1, 0.15) is 9.84 Å². The van der Waals surface area contributed by atoms with Crippen LogP contribution in [0.4, 0.5) is 13.2 Å². The van der Waals surface area contributed by atoms with Crippen molar-refractivity contribution in [2.75, 3.05) is 18.6 Å². The Kier molecular flexibility index (Phi) is 6.01. The lowest BCUT2D eigenvalue weighted by Crippen LogP contribution is -2.20. The van der Waals surface area contributed by atoms with Gasteiger partial charge in [-0.25, -0.2) is 21.6 Å². The fourth-order valence-electron chi connectivity index (χ4n) is 1.92. The standard InChI is InChI=1S/C13H18F3NO2S/c1-3-20(18,19)8-4-5-11(17-2)9-6-7-10(14)13(16)12(9)15/h6-7,11,17H,3-5,8H2,1-2H3. The molecular formula is C13H18F3NO2S. The van der Waals surface area contributed by atoms with Crippen molar-refractivity contribution in [3.8, 4) is 0 Å². The second-order valence-electron chi connectivity index (χ2n) is 4.48. The van der Waals surface area contributed by atoms with Gasteiger partial charge in [0, 0.05) is 17.4 Å². The minimum atomic E-state index is -3.09. The fraction of sp³-hybridized carbons (Fsp3) is 0.538. The van der Waals surface area contributed by atoms with E-state index in [4.69, 9.17) is 0 Å². The molecule has 0 saturated carbocycles. The average Bonchev–Trinajstić information content (AvgIpc) is 2.42. The summed E-state index contributed by atoms with van der Waals surface area (Å²) >= 11 is 0. The van der Waals surface area contributed by atoms with Crippen LogP contribution in [-0.2, 0) is 9.84 Å². The molecule has 1 aromatic rings. The summed E-state index contributed by atoms with van der Waals surface area (Å²) in [7, 11) is -1.53. The minimum absolute atomic E-state index is 0.000274. The van der Waals surface area contributed by atoms with E-state index in [-0.39, 0.29) is 17.1 Å². The van der Waals surface area contributed by atoms with E-state index in [0.29, 0.717) is 12.8 Å². The predicted octanol–water partition coefficient (Wildman–Crippen LogP) is 2.58. The second-order valence-corrected chi connectivity index (χ2v) is 6.96. The zero-order valence-corrected chi connectivity index (χ0v) is 12.2. The number of sulfone groups is 1. The van der Waals surface area contributed by atoms with E-state index in [0.717, 1.165) is 6.07 Å². The number of nitrogens with one attached hydrogen (secondary N) is 1. The molecule has 0 aliphatic rings. The van der Waals surface area contributed by atoms with Crippen molar-refractivity contribution in [1.82, 2.24) is 5.32 Å². The number of hydrogen-bond acceptors (Lipinski definition) is 3. The monoisotopic (exact) mass is 309 g/mol. The van der Waals surface area contributed by atoms with Crippen LogP contribution >= 0.6 is 0 Å². The summed E-state index contributed by atoms with van der Waals surface area (Å²) in [6, 6.07) is 1.47. The van der Waals surface area contributed by atoms with Gasteiger partial charge in [0.05, 0.1) is 5.75 Å². The van der Waals surface area contributed by atoms with Crippen LogP contribution in [0.5, 0.6) is 0 Å². The molecule has 1 aromatic carbocycles. The van der Waals surface area contributed by atoms with E-state index in [1.165, 1.54) is 6.07 Å². The van der Waals surface area contributed by atoms with Crippen molar-refractivity contribution in [2.24, 2.45) is 0 Å². The van der Waals surface area contributed by atoms with Crippen LogP contribution in [0.3, 0.4) is 0 Å². The van der Waals surface area contributed by atoms with Gasteiger partial charge in [-0.05, 0) is 26.0 Å². The number of benzene rings is 1. The highest BCUT2D eigenvalue weighted by Crippen LogP contribution is 2.24. The summed E-state index contributed by atoms with van der Waals surface area (Å²) < 4.78 is 62.4. The quantitative estimate of drug-likeness (QED) is 0.788. The Bertz CT molecular complexity index is 561. The molecular weight excluding hydrogens is 291 g/mol. The Morgan fingerprint density at radius 3 is 2.40 bits per heavy atom. The lowest BCUT2D eigenvalue weighted by Gasteiger charge is -2.17. The van der Waals surface area contributed by atoms with Crippen LogP contribution in [0.25, 0.3) is 0 Å². The van der Waals surface area contributed by atoms with Gasteiger partial charge in [0.15, 0.2) is 17.5 Å². The van der Waals surface area contributed by atoms with Crippen LogP contribution in [0.15, 0.2) is 12.1 Å². The number of halogens is 3. The predicted molar refractivity (Wildman–Crippen MR) is 71.7 cm³/mol. The molecule has 0 fully saturated rings. The first-order valence-corrected chi connectivity index (χ1v) is 8.15. The lowest BCUT2D eigenvalue weighted by molar-refractivity contribution is 0.423. The first-order chi connectivity index (χ1) is 9.32. The first kappa shape index (κ1) is 17.0. The molecule has 1 N–H and O–H groups in total. The van der Waals surface area contributed by atoms with E-state index >= 15 is 0 Å². The van der Waals surface area contributed by atoms with Crippen molar-refractivity contribution >= 4 is 9.84 Å². The molecule has 7 heteroatoms. The summed E-state index contributed by atoms with van der Waals surface area (Å²) in [5.74, 6) is -3.94. The molecule has 0 aliphatic heterocycles. The summed E-state index contributed by atoms with van der Waals surface area (Å²) in [6.45, 7) is 1.56. The third-order valence-electron chi connectivity index (χ3n) is 3.18. The first-order valence-electron chi connectivity index (χ1n) is 6.33. The molecule has 1 atom stereocenters. The van der Waals surface area contributed by atoms with Crippen LogP contribution in [-0.4, -0.2) is 27.0 Å². The molecule has 1 unspecified atom stereocenters. The summed E-state index contributed by atoms with van der Waals surface area (Å²) in [4.78, 5) is 0. The van der Waals surface area contributed by atoms with Crippen LogP contribution in [0.2, 0.25) is 0 Å². The Morgan fingerprint density at radius 1 is 1.20 bits per heavy atom. The van der Waals surface area contributed by atoms with Crippen LogP contribution in [0.1, 0.15) is 31.4 Å². The topological polar surface area (TPSA) is 46.2 Å². The van der Waals surface area contributed by atoms with E-state index in [1.807, 2.05) is 0 Å². The largest absolute Gasteiger partial charge is 0.313 e. The zero-order chi connectivity index (χ0) is 15.3. The zero-order valence-electron chi connectivity index (χ0n) is 11.4. The molecule has 0 saturated heterocycles.